The Kier molecular flexibility index (Phi) is 4.17. The summed E-state index contributed by atoms with van der Waals surface area (Å²) >= 11 is 0. The number of aromatic nitrogens is 2. The maximum absolute atomic E-state index is 11.8. The molecule has 0 radical (unpaired) electrons. The largest absolute Gasteiger partial charge is 0.383 e. The SMILES string of the molecule is COC[C@@H](C)NCCn1c(=O)[nH]c2ccccc21. The lowest BCUT2D eigenvalue weighted by Crippen LogP contribution is -2.34. The van der Waals surface area contributed by atoms with Crippen LogP contribution in [0.15, 0.2) is 29.1 Å². The Bertz CT molecular complexity index is 559. The third kappa shape index (κ3) is 2.80. The summed E-state index contributed by atoms with van der Waals surface area (Å²) in [6.45, 7) is 4.12. The smallest absolute Gasteiger partial charge is 0.326 e. The second-order valence-corrected chi connectivity index (χ2v) is 4.41. The van der Waals surface area contributed by atoms with Gasteiger partial charge < -0.3 is 15.0 Å². The highest BCUT2D eigenvalue weighted by atomic mass is 16.5. The van der Waals surface area contributed by atoms with Crippen LogP contribution in [0.5, 0.6) is 0 Å². The van der Waals surface area contributed by atoms with Gasteiger partial charge in [0.2, 0.25) is 0 Å². The van der Waals surface area contributed by atoms with E-state index in [1.807, 2.05) is 24.3 Å². The Morgan fingerprint density at radius 1 is 1.44 bits per heavy atom. The summed E-state index contributed by atoms with van der Waals surface area (Å²) < 4.78 is 6.80. The Balaban J connectivity index is 2.03. The van der Waals surface area contributed by atoms with E-state index in [9.17, 15) is 4.79 Å². The van der Waals surface area contributed by atoms with Crippen LogP contribution < -0.4 is 11.0 Å². The quantitative estimate of drug-likeness (QED) is 0.801. The molecule has 2 aromatic rings. The van der Waals surface area contributed by atoms with Crippen molar-refractivity contribution in [1.29, 1.82) is 0 Å². The number of H-pyrrole nitrogens is 1. The molecule has 0 bridgehead atoms. The molecule has 0 unspecified atom stereocenters. The minimum Gasteiger partial charge on any atom is -0.383 e. The van der Waals surface area contributed by atoms with Crippen molar-refractivity contribution in [1.82, 2.24) is 14.9 Å². The Labute approximate surface area is 106 Å². The van der Waals surface area contributed by atoms with Crippen LogP contribution in [0.3, 0.4) is 0 Å². The number of rotatable bonds is 6. The second kappa shape index (κ2) is 5.84. The number of imidazole rings is 1. The summed E-state index contributed by atoms with van der Waals surface area (Å²) in [5, 5.41) is 3.32. The molecule has 1 aromatic heterocycles. The van der Waals surface area contributed by atoms with Gasteiger partial charge in [-0.25, -0.2) is 4.79 Å². The number of nitrogens with one attached hydrogen (secondary N) is 2. The molecule has 5 heteroatoms. The van der Waals surface area contributed by atoms with Crippen LogP contribution >= 0.6 is 0 Å². The topological polar surface area (TPSA) is 59.0 Å². The van der Waals surface area contributed by atoms with Crippen LogP contribution in [-0.2, 0) is 11.3 Å². The first-order valence-electron chi connectivity index (χ1n) is 6.12. The zero-order valence-corrected chi connectivity index (χ0v) is 10.8. The van der Waals surface area contributed by atoms with Gasteiger partial charge in [0.05, 0.1) is 17.6 Å². The molecule has 0 spiro atoms. The first-order chi connectivity index (χ1) is 8.72. The zero-order chi connectivity index (χ0) is 13.0. The van der Waals surface area contributed by atoms with Crippen LogP contribution in [0.4, 0.5) is 0 Å². The number of benzene rings is 1. The molecule has 0 aliphatic heterocycles. The number of hydrogen-bond acceptors (Lipinski definition) is 3. The molecule has 0 amide bonds. The van der Waals surface area contributed by atoms with Gasteiger partial charge in [0.25, 0.3) is 0 Å². The lowest BCUT2D eigenvalue weighted by Gasteiger charge is -2.12. The summed E-state index contributed by atoms with van der Waals surface area (Å²) in [6, 6.07) is 8.00. The molecule has 5 nitrogen and oxygen atoms in total. The van der Waals surface area contributed by atoms with E-state index in [0.29, 0.717) is 13.2 Å². The van der Waals surface area contributed by atoms with Crippen molar-refractivity contribution in [3.63, 3.8) is 0 Å². The van der Waals surface area contributed by atoms with E-state index < -0.39 is 0 Å². The number of aromatic amines is 1. The molecule has 2 rings (SSSR count). The van der Waals surface area contributed by atoms with Gasteiger partial charge in [0.1, 0.15) is 0 Å². The summed E-state index contributed by atoms with van der Waals surface area (Å²) in [5.74, 6) is 0. The molecule has 0 fully saturated rings. The molecule has 1 atom stereocenters. The molecule has 0 saturated carbocycles. The second-order valence-electron chi connectivity index (χ2n) is 4.41. The number of hydrogen-bond donors (Lipinski definition) is 2. The fourth-order valence-corrected chi connectivity index (χ4v) is 2.06. The molecular weight excluding hydrogens is 230 g/mol. The lowest BCUT2D eigenvalue weighted by atomic mass is 10.3. The number of methoxy groups -OCH3 is 1. The number of ether oxygens (including phenoxy) is 1. The fourth-order valence-electron chi connectivity index (χ4n) is 2.06. The number of para-hydroxylation sites is 2. The lowest BCUT2D eigenvalue weighted by molar-refractivity contribution is 0.172. The van der Waals surface area contributed by atoms with Crippen molar-refractivity contribution in [2.45, 2.75) is 19.5 Å². The van der Waals surface area contributed by atoms with Gasteiger partial charge in [-0.3, -0.25) is 4.57 Å². The van der Waals surface area contributed by atoms with E-state index in [-0.39, 0.29) is 11.7 Å². The van der Waals surface area contributed by atoms with Crippen LogP contribution in [0.1, 0.15) is 6.92 Å². The molecule has 1 aromatic carbocycles. The number of nitrogens with zero attached hydrogens (tertiary/aromatic N) is 1. The van der Waals surface area contributed by atoms with Crippen molar-refractivity contribution >= 4 is 11.0 Å². The summed E-state index contributed by atoms with van der Waals surface area (Å²) in [5.41, 5.74) is 1.77. The van der Waals surface area contributed by atoms with Gasteiger partial charge in [-0.2, -0.15) is 0 Å². The first-order valence-corrected chi connectivity index (χ1v) is 6.12. The minimum atomic E-state index is -0.0580. The van der Waals surface area contributed by atoms with Crippen LogP contribution in [0.2, 0.25) is 0 Å². The third-order valence-corrected chi connectivity index (χ3v) is 2.93. The van der Waals surface area contributed by atoms with Crippen molar-refractivity contribution in [3.05, 3.63) is 34.7 Å². The van der Waals surface area contributed by atoms with E-state index >= 15 is 0 Å². The van der Waals surface area contributed by atoms with Crippen molar-refractivity contribution in [2.24, 2.45) is 0 Å². The van der Waals surface area contributed by atoms with Crippen LogP contribution in [0.25, 0.3) is 11.0 Å². The predicted molar refractivity (Wildman–Crippen MR) is 71.9 cm³/mol. The predicted octanol–water partition coefficient (Wildman–Crippen LogP) is 0.954. The third-order valence-electron chi connectivity index (χ3n) is 2.93. The molecule has 1 heterocycles. The maximum atomic E-state index is 11.8. The highest BCUT2D eigenvalue weighted by Gasteiger charge is 2.06. The Hall–Kier alpha value is -1.59. The van der Waals surface area contributed by atoms with Crippen LogP contribution in [-0.4, -0.2) is 35.9 Å². The zero-order valence-electron chi connectivity index (χ0n) is 10.8. The fraction of sp³-hybridized carbons (Fsp3) is 0.462. The summed E-state index contributed by atoms with van der Waals surface area (Å²) in [6.07, 6.45) is 0. The molecule has 0 aliphatic carbocycles. The normalized spacial score (nSPS) is 13.0. The van der Waals surface area contributed by atoms with Gasteiger partial charge in [-0.1, -0.05) is 12.1 Å². The maximum Gasteiger partial charge on any atom is 0.326 e. The Morgan fingerprint density at radius 2 is 2.22 bits per heavy atom. The van der Waals surface area contributed by atoms with Crippen molar-refractivity contribution in [2.75, 3.05) is 20.3 Å². The highest BCUT2D eigenvalue weighted by Crippen LogP contribution is 2.08. The molecular formula is C13H19N3O2. The standard InChI is InChI=1S/C13H19N3O2/c1-10(9-18-2)14-7-8-16-12-6-4-3-5-11(12)15-13(16)17/h3-6,10,14H,7-9H2,1-2H3,(H,15,17)/t10-/m1/s1. The monoisotopic (exact) mass is 249 g/mol. The average Bonchev–Trinajstić information content (AvgIpc) is 2.66. The minimum absolute atomic E-state index is 0.0580. The van der Waals surface area contributed by atoms with E-state index in [0.717, 1.165) is 17.6 Å². The highest BCUT2D eigenvalue weighted by molar-refractivity contribution is 5.74. The summed E-state index contributed by atoms with van der Waals surface area (Å²) in [7, 11) is 1.68. The van der Waals surface area contributed by atoms with Gasteiger partial charge >= 0.3 is 5.69 Å². The molecule has 0 saturated heterocycles. The van der Waals surface area contributed by atoms with Gasteiger partial charge in [0.15, 0.2) is 0 Å². The van der Waals surface area contributed by atoms with Gasteiger partial charge in [-0.05, 0) is 19.1 Å². The van der Waals surface area contributed by atoms with Crippen LogP contribution in [0, 0.1) is 0 Å². The summed E-state index contributed by atoms with van der Waals surface area (Å²) in [4.78, 5) is 14.6. The first kappa shape index (κ1) is 12.9. The van der Waals surface area contributed by atoms with E-state index in [2.05, 4.69) is 17.2 Å². The molecule has 2 N–H and O–H groups in total. The van der Waals surface area contributed by atoms with Gasteiger partial charge in [0, 0.05) is 26.2 Å². The van der Waals surface area contributed by atoms with E-state index in [1.165, 1.54) is 0 Å². The van der Waals surface area contributed by atoms with E-state index in [4.69, 9.17) is 4.74 Å². The average molecular weight is 249 g/mol. The Morgan fingerprint density at radius 3 is 3.00 bits per heavy atom. The molecule has 98 valence electrons. The molecule has 0 aliphatic rings. The van der Waals surface area contributed by atoms with E-state index in [1.54, 1.807) is 11.7 Å². The van der Waals surface area contributed by atoms with Crippen molar-refractivity contribution in [3.8, 4) is 0 Å². The molecule has 18 heavy (non-hydrogen) atoms. The number of fused-ring (bicyclic) bond motifs is 1. The van der Waals surface area contributed by atoms with Gasteiger partial charge in [-0.15, -0.1) is 0 Å². The van der Waals surface area contributed by atoms with Crippen molar-refractivity contribution < 1.29 is 4.74 Å².